The number of nitrogens with zero attached hydrogens (tertiary/aromatic N) is 2. The van der Waals surface area contributed by atoms with Gasteiger partial charge in [-0.05, 0) is 86.3 Å². The molecule has 2 amide bonds. The summed E-state index contributed by atoms with van der Waals surface area (Å²) < 4.78 is 35.3. The lowest BCUT2D eigenvalue weighted by Gasteiger charge is -2.35. The Kier molecular flexibility index (Phi) is 12.8. The molecular formula is C39H43Cl2N3O5S. The molecule has 0 aliphatic heterocycles. The molecule has 5 rings (SSSR count). The molecule has 50 heavy (non-hydrogen) atoms. The number of benzene rings is 4. The molecular weight excluding hydrogens is 693 g/mol. The molecule has 264 valence electrons. The fourth-order valence-electron chi connectivity index (χ4n) is 6.17. The Hall–Kier alpha value is -4.05. The van der Waals surface area contributed by atoms with Gasteiger partial charge in [-0.1, -0.05) is 96.6 Å². The first kappa shape index (κ1) is 37.2. The van der Waals surface area contributed by atoms with Crippen molar-refractivity contribution in [3.8, 4) is 5.75 Å². The monoisotopic (exact) mass is 735 g/mol. The van der Waals surface area contributed by atoms with Gasteiger partial charge in [-0.3, -0.25) is 13.9 Å². The van der Waals surface area contributed by atoms with Crippen molar-refractivity contribution in [3.63, 3.8) is 0 Å². The maximum atomic E-state index is 14.8. The largest absolute Gasteiger partial charge is 0.494 e. The number of nitrogens with one attached hydrogen (secondary N) is 1. The molecule has 0 unspecified atom stereocenters. The van der Waals surface area contributed by atoms with Crippen molar-refractivity contribution in [2.75, 3.05) is 17.5 Å². The Bertz CT molecular complexity index is 1850. The van der Waals surface area contributed by atoms with E-state index >= 15 is 0 Å². The molecule has 8 nitrogen and oxygen atoms in total. The van der Waals surface area contributed by atoms with Crippen LogP contribution < -0.4 is 14.4 Å². The highest BCUT2D eigenvalue weighted by Crippen LogP contribution is 2.29. The number of hydrogen-bond acceptors (Lipinski definition) is 5. The van der Waals surface area contributed by atoms with Gasteiger partial charge in [0.25, 0.3) is 10.0 Å². The van der Waals surface area contributed by atoms with Crippen molar-refractivity contribution in [1.29, 1.82) is 0 Å². The molecule has 4 aromatic carbocycles. The minimum absolute atomic E-state index is 0.00661. The van der Waals surface area contributed by atoms with Crippen LogP contribution >= 0.6 is 23.2 Å². The van der Waals surface area contributed by atoms with Crippen molar-refractivity contribution in [2.24, 2.45) is 0 Å². The maximum absolute atomic E-state index is 14.8. The Morgan fingerprint density at radius 1 is 0.900 bits per heavy atom. The van der Waals surface area contributed by atoms with Gasteiger partial charge in [-0.25, -0.2) is 8.42 Å². The third-order valence-corrected chi connectivity index (χ3v) is 11.3. The molecule has 1 atom stereocenters. The fraction of sp³-hybridized carbons (Fsp3) is 0.333. The molecule has 0 spiro atoms. The number of rotatable bonds is 14. The van der Waals surface area contributed by atoms with E-state index in [1.165, 1.54) is 17.0 Å². The summed E-state index contributed by atoms with van der Waals surface area (Å²) in [6.07, 6.45) is 5.10. The molecule has 1 saturated carbocycles. The number of carbonyl (C=O) groups is 2. The smallest absolute Gasteiger partial charge is 0.264 e. The van der Waals surface area contributed by atoms with Crippen LogP contribution in [-0.2, 0) is 32.6 Å². The van der Waals surface area contributed by atoms with E-state index in [2.05, 4.69) is 5.32 Å². The van der Waals surface area contributed by atoms with Crippen LogP contribution in [0.4, 0.5) is 5.69 Å². The molecule has 4 aromatic rings. The van der Waals surface area contributed by atoms with Crippen molar-refractivity contribution >= 4 is 50.7 Å². The third-order valence-electron chi connectivity index (χ3n) is 8.90. The van der Waals surface area contributed by atoms with Crippen LogP contribution in [0.3, 0.4) is 0 Å². The van der Waals surface area contributed by atoms with Crippen LogP contribution in [0.25, 0.3) is 0 Å². The van der Waals surface area contributed by atoms with Gasteiger partial charge in [-0.2, -0.15) is 0 Å². The van der Waals surface area contributed by atoms with Crippen LogP contribution in [0.1, 0.15) is 55.7 Å². The second-order valence-corrected chi connectivity index (χ2v) is 15.3. The van der Waals surface area contributed by atoms with E-state index in [4.69, 9.17) is 27.9 Å². The van der Waals surface area contributed by atoms with Crippen LogP contribution in [0, 0.1) is 6.92 Å². The summed E-state index contributed by atoms with van der Waals surface area (Å²) in [7, 11) is -4.24. The quantitative estimate of drug-likeness (QED) is 0.142. The van der Waals surface area contributed by atoms with E-state index < -0.39 is 28.5 Å². The summed E-state index contributed by atoms with van der Waals surface area (Å²) in [6.45, 7) is 3.55. The van der Waals surface area contributed by atoms with Gasteiger partial charge in [0.15, 0.2) is 0 Å². The Morgan fingerprint density at radius 2 is 1.58 bits per heavy atom. The van der Waals surface area contributed by atoms with E-state index in [0.29, 0.717) is 28.0 Å². The van der Waals surface area contributed by atoms with E-state index in [1.54, 1.807) is 54.6 Å². The van der Waals surface area contributed by atoms with Crippen molar-refractivity contribution in [1.82, 2.24) is 10.2 Å². The summed E-state index contributed by atoms with van der Waals surface area (Å²) in [5.74, 6) is -0.301. The lowest BCUT2D eigenvalue weighted by Crippen LogP contribution is -2.55. The highest BCUT2D eigenvalue weighted by molar-refractivity contribution is 7.92. The average Bonchev–Trinajstić information content (AvgIpc) is 3.11. The number of anilines is 1. The maximum Gasteiger partial charge on any atom is 0.264 e. The molecule has 0 bridgehead atoms. The molecule has 1 fully saturated rings. The second-order valence-electron chi connectivity index (χ2n) is 12.6. The predicted molar refractivity (Wildman–Crippen MR) is 199 cm³/mol. The van der Waals surface area contributed by atoms with E-state index in [0.717, 1.165) is 47.5 Å². The minimum Gasteiger partial charge on any atom is -0.494 e. The van der Waals surface area contributed by atoms with Crippen LogP contribution in [-0.4, -0.2) is 50.4 Å². The molecule has 1 aliphatic rings. The Balaban J connectivity index is 1.58. The number of amides is 2. The third kappa shape index (κ3) is 9.59. The zero-order valence-electron chi connectivity index (χ0n) is 28.4. The van der Waals surface area contributed by atoms with Crippen LogP contribution in [0.5, 0.6) is 5.75 Å². The van der Waals surface area contributed by atoms with E-state index in [-0.39, 0.29) is 35.5 Å². The topological polar surface area (TPSA) is 96.0 Å². The molecule has 0 radical (unpaired) electrons. The second kappa shape index (κ2) is 17.2. The summed E-state index contributed by atoms with van der Waals surface area (Å²) in [5.41, 5.74) is 2.60. The summed E-state index contributed by atoms with van der Waals surface area (Å²) in [6, 6.07) is 26.5. The number of sulfonamides is 1. The van der Waals surface area contributed by atoms with Gasteiger partial charge < -0.3 is 15.0 Å². The van der Waals surface area contributed by atoms with E-state index in [9.17, 15) is 18.0 Å². The first-order valence-corrected chi connectivity index (χ1v) is 19.1. The Labute approximate surface area is 305 Å². The summed E-state index contributed by atoms with van der Waals surface area (Å²) in [4.78, 5) is 30.6. The van der Waals surface area contributed by atoms with Crippen LogP contribution in [0.2, 0.25) is 10.0 Å². The summed E-state index contributed by atoms with van der Waals surface area (Å²) >= 11 is 12.9. The number of carbonyl (C=O) groups excluding carboxylic acids is 2. The van der Waals surface area contributed by atoms with Gasteiger partial charge in [0.05, 0.1) is 17.2 Å². The molecule has 1 N–H and O–H groups in total. The first-order chi connectivity index (χ1) is 24.0. The molecule has 0 heterocycles. The lowest BCUT2D eigenvalue weighted by molar-refractivity contribution is -0.140. The number of halogens is 2. The van der Waals surface area contributed by atoms with E-state index in [1.807, 2.05) is 44.2 Å². The van der Waals surface area contributed by atoms with Crippen molar-refractivity contribution in [3.05, 3.63) is 124 Å². The van der Waals surface area contributed by atoms with Gasteiger partial charge >= 0.3 is 0 Å². The molecule has 0 saturated heterocycles. The Morgan fingerprint density at radius 3 is 2.22 bits per heavy atom. The number of aryl methyl sites for hydroxylation is 1. The highest BCUT2D eigenvalue weighted by atomic mass is 35.5. The summed E-state index contributed by atoms with van der Waals surface area (Å²) in [5, 5.41) is 3.98. The highest BCUT2D eigenvalue weighted by Gasteiger charge is 2.35. The SMILES string of the molecule is CCOc1ccc(N(CC(=O)N(Cc2ccc(Cl)cc2Cl)[C@@H](Cc2ccccc2)C(=O)NC2CCCCC2)S(=O)(=O)c2ccc(C)cc2)cc1. The minimum atomic E-state index is -4.24. The normalized spacial score (nSPS) is 14.1. The van der Waals surface area contributed by atoms with Crippen molar-refractivity contribution < 1.29 is 22.7 Å². The fourth-order valence-corrected chi connectivity index (χ4v) is 8.06. The van der Waals surface area contributed by atoms with Gasteiger partial charge in [0, 0.05) is 29.1 Å². The van der Waals surface area contributed by atoms with Gasteiger partial charge in [0.1, 0.15) is 18.3 Å². The predicted octanol–water partition coefficient (Wildman–Crippen LogP) is 7.98. The first-order valence-electron chi connectivity index (χ1n) is 16.9. The average molecular weight is 737 g/mol. The molecule has 1 aliphatic carbocycles. The number of hydrogen-bond donors (Lipinski definition) is 1. The molecule has 11 heteroatoms. The standard InChI is InChI=1S/C39H43Cl2N3O5S/c1-3-49-34-20-18-33(19-21-34)44(50(47,48)35-22-14-28(2)15-23-35)27-38(45)43(26-30-16-17-31(40)25-36(30)41)37(24-29-10-6-4-7-11-29)39(46)42-32-12-8-5-9-13-32/h4,6-7,10-11,14-23,25,32,37H,3,5,8-9,12-13,24,26-27H2,1-2H3,(H,42,46)/t37-/m0/s1. The number of ether oxygens (including phenoxy) is 1. The van der Waals surface area contributed by atoms with Crippen molar-refractivity contribution in [2.45, 2.75) is 75.9 Å². The zero-order valence-corrected chi connectivity index (χ0v) is 30.7. The lowest BCUT2D eigenvalue weighted by atomic mass is 9.94. The zero-order chi connectivity index (χ0) is 35.7. The molecule has 0 aromatic heterocycles. The van der Waals surface area contributed by atoms with Gasteiger partial charge in [-0.15, -0.1) is 0 Å². The van der Waals surface area contributed by atoms with Gasteiger partial charge in [0.2, 0.25) is 11.8 Å². The van der Waals surface area contributed by atoms with Crippen LogP contribution in [0.15, 0.2) is 102 Å².